The summed E-state index contributed by atoms with van der Waals surface area (Å²) in [5, 5.41) is 4.37. The third kappa shape index (κ3) is 1.82. The van der Waals surface area contributed by atoms with Crippen molar-refractivity contribution in [1.29, 1.82) is 0 Å². The maximum Gasteiger partial charge on any atom is 0.308 e. The number of hydrogen-bond acceptors (Lipinski definition) is 2. The van der Waals surface area contributed by atoms with E-state index in [1.807, 2.05) is 30.3 Å². The molecular weight excluding hydrogens is 224 g/mol. The molecule has 88 valence electrons. The molecule has 0 saturated heterocycles. The van der Waals surface area contributed by atoms with Crippen molar-refractivity contribution in [3.05, 3.63) is 54.6 Å². The third-order valence-electron chi connectivity index (χ3n) is 2.96. The Kier molecular flexibility index (Phi) is 2.49. The Morgan fingerprint density at radius 1 is 0.889 bits per heavy atom. The van der Waals surface area contributed by atoms with Crippen molar-refractivity contribution in [2.45, 2.75) is 6.92 Å². The van der Waals surface area contributed by atoms with Gasteiger partial charge < -0.3 is 4.74 Å². The highest BCUT2D eigenvalue weighted by atomic mass is 16.5. The van der Waals surface area contributed by atoms with Gasteiger partial charge in [-0.15, -0.1) is 0 Å². The van der Waals surface area contributed by atoms with Gasteiger partial charge in [0.25, 0.3) is 0 Å². The van der Waals surface area contributed by atoms with E-state index in [4.69, 9.17) is 4.74 Å². The summed E-state index contributed by atoms with van der Waals surface area (Å²) in [4.78, 5) is 11.1. The lowest BCUT2D eigenvalue weighted by Gasteiger charge is -2.07. The van der Waals surface area contributed by atoms with E-state index in [9.17, 15) is 4.79 Å². The minimum Gasteiger partial charge on any atom is -0.426 e. The molecular formula is C16H12O2. The highest BCUT2D eigenvalue weighted by Crippen LogP contribution is 2.29. The molecule has 0 spiro atoms. The van der Waals surface area contributed by atoms with E-state index in [0.29, 0.717) is 5.75 Å². The molecule has 2 heteroatoms. The summed E-state index contributed by atoms with van der Waals surface area (Å²) in [5.41, 5.74) is 0. The Balaban J connectivity index is 2.32. The lowest BCUT2D eigenvalue weighted by Crippen LogP contribution is -2.01. The Labute approximate surface area is 105 Å². The van der Waals surface area contributed by atoms with Crippen LogP contribution in [0.4, 0.5) is 0 Å². The van der Waals surface area contributed by atoms with Gasteiger partial charge in [-0.2, -0.15) is 0 Å². The molecule has 18 heavy (non-hydrogen) atoms. The van der Waals surface area contributed by atoms with Gasteiger partial charge in [0.05, 0.1) is 0 Å². The molecule has 0 aliphatic rings. The van der Waals surface area contributed by atoms with Crippen LogP contribution in [0, 0.1) is 0 Å². The number of hydrogen-bond donors (Lipinski definition) is 0. The zero-order valence-corrected chi connectivity index (χ0v) is 10.0. The Hall–Kier alpha value is -2.35. The van der Waals surface area contributed by atoms with Crippen LogP contribution < -0.4 is 4.74 Å². The van der Waals surface area contributed by atoms with Crippen LogP contribution in [0.5, 0.6) is 5.75 Å². The van der Waals surface area contributed by atoms with Gasteiger partial charge in [0.1, 0.15) is 5.75 Å². The molecule has 0 atom stereocenters. The molecule has 0 amide bonds. The second-order valence-corrected chi connectivity index (χ2v) is 4.27. The molecule has 3 aromatic rings. The number of esters is 1. The van der Waals surface area contributed by atoms with Crippen molar-refractivity contribution in [2.24, 2.45) is 0 Å². The lowest BCUT2D eigenvalue weighted by atomic mass is 10.0. The minimum atomic E-state index is -0.296. The zero-order chi connectivity index (χ0) is 12.5. The fraction of sp³-hybridized carbons (Fsp3) is 0.0625. The Morgan fingerprint density at radius 2 is 1.56 bits per heavy atom. The highest BCUT2D eigenvalue weighted by molar-refractivity contribution is 6.01. The molecule has 0 aliphatic carbocycles. The van der Waals surface area contributed by atoms with E-state index in [-0.39, 0.29) is 5.97 Å². The van der Waals surface area contributed by atoms with Crippen molar-refractivity contribution in [3.63, 3.8) is 0 Å². The monoisotopic (exact) mass is 236 g/mol. The molecule has 0 bridgehead atoms. The summed E-state index contributed by atoms with van der Waals surface area (Å²) in [5.74, 6) is 0.321. The van der Waals surface area contributed by atoms with Gasteiger partial charge >= 0.3 is 5.97 Å². The number of benzene rings is 3. The second-order valence-electron chi connectivity index (χ2n) is 4.27. The van der Waals surface area contributed by atoms with Crippen molar-refractivity contribution >= 4 is 27.5 Å². The quantitative estimate of drug-likeness (QED) is 0.363. The topological polar surface area (TPSA) is 26.3 Å². The van der Waals surface area contributed by atoms with Gasteiger partial charge in [-0.3, -0.25) is 4.79 Å². The fourth-order valence-corrected chi connectivity index (χ4v) is 2.18. The van der Waals surface area contributed by atoms with Crippen molar-refractivity contribution in [1.82, 2.24) is 0 Å². The summed E-state index contributed by atoms with van der Waals surface area (Å²) < 4.78 is 5.24. The third-order valence-corrected chi connectivity index (χ3v) is 2.96. The number of rotatable bonds is 1. The molecule has 3 rings (SSSR count). The van der Waals surface area contributed by atoms with Crippen molar-refractivity contribution in [2.75, 3.05) is 0 Å². The van der Waals surface area contributed by atoms with Crippen molar-refractivity contribution in [3.8, 4) is 5.75 Å². The standard InChI is InChI=1S/C16H12O2/c1-11(17)18-16-8-4-7-14-9-12-5-2-3-6-13(12)10-15(14)16/h2-10H,1H3. The summed E-state index contributed by atoms with van der Waals surface area (Å²) in [7, 11) is 0. The van der Waals surface area contributed by atoms with Crippen LogP contribution in [0.2, 0.25) is 0 Å². The van der Waals surface area contributed by atoms with Gasteiger partial charge in [0.15, 0.2) is 0 Å². The van der Waals surface area contributed by atoms with E-state index in [1.165, 1.54) is 12.3 Å². The predicted octanol–water partition coefficient (Wildman–Crippen LogP) is 3.92. The molecule has 0 aliphatic heterocycles. The summed E-state index contributed by atoms with van der Waals surface area (Å²) in [6.45, 7) is 1.42. The summed E-state index contributed by atoms with van der Waals surface area (Å²) in [6.07, 6.45) is 0. The fourth-order valence-electron chi connectivity index (χ4n) is 2.18. The van der Waals surface area contributed by atoms with E-state index >= 15 is 0 Å². The molecule has 0 N–H and O–H groups in total. The molecule has 0 radical (unpaired) electrons. The molecule has 2 nitrogen and oxygen atoms in total. The van der Waals surface area contributed by atoms with Gasteiger partial charge in [-0.1, -0.05) is 36.4 Å². The molecule has 0 saturated carbocycles. The largest absolute Gasteiger partial charge is 0.426 e. The predicted molar refractivity (Wildman–Crippen MR) is 72.8 cm³/mol. The average Bonchev–Trinajstić information content (AvgIpc) is 2.36. The number of carbonyl (C=O) groups excluding carboxylic acids is 1. The first kappa shape index (κ1) is 10.8. The van der Waals surface area contributed by atoms with Gasteiger partial charge in [0, 0.05) is 12.3 Å². The minimum absolute atomic E-state index is 0.296. The number of ether oxygens (including phenoxy) is 1. The normalized spacial score (nSPS) is 10.7. The molecule has 0 unspecified atom stereocenters. The number of carbonyl (C=O) groups is 1. The van der Waals surface area contributed by atoms with Gasteiger partial charge in [-0.05, 0) is 34.4 Å². The molecule has 0 heterocycles. The first-order chi connectivity index (χ1) is 8.74. The smallest absolute Gasteiger partial charge is 0.308 e. The summed E-state index contributed by atoms with van der Waals surface area (Å²) in [6, 6.07) is 18.1. The van der Waals surface area contributed by atoms with Crippen LogP contribution in [0.25, 0.3) is 21.5 Å². The van der Waals surface area contributed by atoms with E-state index in [1.54, 1.807) is 0 Å². The van der Waals surface area contributed by atoms with Crippen LogP contribution >= 0.6 is 0 Å². The first-order valence-electron chi connectivity index (χ1n) is 5.84. The van der Waals surface area contributed by atoms with Crippen LogP contribution in [0.1, 0.15) is 6.92 Å². The van der Waals surface area contributed by atoms with Crippen LogP contribution in [-0.2, 0) is 4.79 Å². The summed E-state index contributed by atoms with van der Waals surface area (Å²) >= 11 is 0. The van der Waals surface area contributed by atoms with Gasteiger partial charge in [0.2, 0.25) is 0 Å². The first-order valence-corrected chi connectivity index (χ1v) is 5.84. The Bertz CT molecular complexity index is 744. The molecule has 0 fully saturated rings. The maximum absolute atomic E-state index is 11.1. The maximum atomic E-state index is 11.1. The second kappa shape index (κ2) is 4.15. The van der Waals surface area contributed by atoms with Gasteiger partial charge in [-0.25, -0.2) is 0 Å². The highest BCUT2D eigenvalue weighted by Gasteiger charge is 2.05. The number of fused-ring (bicyclic) bond motifs is 2. The van der Waals surface area contributed by atoms with E-state index < -0.39 is 0 Å². The zero-order valence-electron chi connectivity index (χ0n) is 10.0. The van der Waals surface area contributed by atoms with Crippen LogP contribution in [0.15, 0.2) is 54.6 Å². The average molecular weight is 236 g/mol. The molecule has 3 aromatic carbocycles. The van der Waals surface area contributed by atoms with Crippen LogP contribution in [0.3, 0.4) is 0 Å². The van der Waals surface area contributed by atoms with Crippen molar-refractivity contribution < 1.29 is 9.53 Å². The van der Waals surface area contributed by atoms with Crippen LogP contribution in [-0.4, -0.2) is 5.97 Å². The lowest BCUT2D eigenvalue weighted by molar-refractivity contribution is -0.131. The Morgan fingerprint density at radius 3 is 2.28 bits per heavy atom. The SMILES string of the molecule is CC(=O)Oc1cccc2cc3ccccc3cc12. The van der Waals surface area contributed by atoms with E-state index in [0.717, 1.165) is 16.2 Å². The van der Waals surface area contributed by atoms with E-state index in [2.05, 4.69) is 24.3 Å². The molecule has 0 aromatic heterocycles.